The molecular formula is C19H22Cl2O3. The lowest BCUT2D eigenvalue weighted by Gasteiger charge is -2.14. The molecule has 24 heavy (non-hydrogen) atoms. The summed E-state index contributed by atoms with van der Waals surface area (Å²) in [5.74, 6) is 0.446. The van der Waals surface area contributed by atoms with E-state index in [4.69, 9.17) is 27.9 Å². The zero-order valence-corrected chi connectivity index (χ0v) is 15.1. The summed E-state index contributed by atoms with van der Waals surface area (Å²) in [6.07, 6.45) is 8.53. The number of ketones is 1. The number of carbonyl (C=O) groups is 1. The SMILES string of the molecule is O=C1C=C2OC(CCCCCCc3ccc(Cl)cc3Cl)CC2(O)C1. The first-order chi connectivity index (χ1) is 11.5. The quantitative estimate of drug-likeness (QED) is 0.698. The van der Waals surface area contributed by atoms with Crippen LogP contribution >= 0.6 is 23.2 Å². The van der Waals surface area contributed by atoms with E-state index in [1.165, 1.54) is 6.08 Å². The monoisotopic (exact) mass is 368 g/mol. The summed E-state index contributed by atoms with van der Waals surface area (Å²) in [6.45, 7) is 0. The van der Waals surface area contributed by atoms with Gasteiger partial charge in [-0.1, -0.05) is 42.1 Å². The Morgan fingerprint density at radius 2 is 2.00 bits per heavy atom. The van der Waals surface area contributed by atoms with Crippen molar-refractivity contribution in [3.63, 3.8) is 0 Å². The van der Waals surface area contributed by atoms with Crippen LogP contribution in [0, 0.1) is 0 Å². The molecule has 1 saturated heterocycles. The van der Waals surface area contributed by atoms with Crippen LogP contribution in [0.4, 0.5) is 0 Å². The number of ether oxygens (including phenoxy) is 1. The van der Waals surface area contributed by atoms with Gasteiger partial charge in [0.2, 0.25) is 0 Å². The Bertz CT molecular complexity index is 656. The molecule has 2 aliphatic rings. The van der Waals surface area contributed by atoms with E-state index >= 15 is 0 Å². The molecule has 3 rings (SSSR count). The average Bonchev–Trinajstić information content (AvgIpc) is 2.94. The Morgan fingerprint density at radius 1 is 1.21 bits per heavy atom. The summed E-state index contributed by atoms with van der Waals surface area (Å²) in [7, 11) is 0. The second-order valence-corrected chi connectivity index (χ2v) is 7.66. The molecule has 1 aliphatic heterocycles. The van der Waals surface area contributed by atoms with Crippen LogP contribution in [0.1, 0.15) is 50.5 Å². The van der Waals surface area contributed by atoms with Gasteiger partial charge in [-0.05, 0) is 43.4 Å². The van der Waals surface area contributed by atoms with Crippen LogP contribution in [0.25, 0.3) is 0 Å². The van der Waals surface area contributed by atoms with Crippen LogP contribution < -0.4 is 0 Å². The van der Waals surface area contributed by atoms with Gasteiger partial charge in [-0.2, -0.15) is 0 Å². The smallest absolute Gasteiger partial charge is 0.162 e. The predicted molar refractivity (Wildman–Crippen MR) is 95.4 cm³/mol. The van der Waals surface area contributed by atoms with Gasteiger partial charge in [0.05, 0.1) is 0 Å². The Morgan fingerprint density at radius 3 is 2.75 bits per heavy atom. The number of fused-ring (bicyclic) bond motifs is 1. The van der Waals surface area contributed by atoms with Crippen molar-refractivity contribution in [1.29, 1.82) is 0 Å². The van der Waals surface area contributed by atoms with E-state index in [-0.39, 0.29) is 18.3 Å². The number of allylic oxidation sites excluding steroid dienone is 1. The maximum Gasteiger partial charge on any atom is 0.162 e. The topological polar surface area (TPSA) is 46.5 Å². The second kappa shape index (κ2) is 7.47. The fraction of sp³-hybridized carbons (Fsp3) is 0.526. The Labute approximate surface area is 152 Å². The molecule has 1 aromatic carbocycles. The molecule has 0 saturated carbocycles. The highest BCUT2D eigenvalue weighted by molar-refractivity contribution is 6.35. The molecular weight excluding hydrogens is 347 g/mol. The summed E-state index contributed by atoms with van der Waals surface area (Å²) < 4.78 is 5.72. The molecule has 0 amide bonds. The van der Waals surface area contributed by atoms with Gasteiger partial charge in [-0.25, -0.2) is 0 Å². The fourth-order valence-electron chi connectivity index (χ4n) is 3.55. The highest BCUT2D eigenvalue weighted by Gasteiger charge is 2.48. The van der Waals surface area contributed by atoms with Crippen molar-refractivity contribution in [3.8, 4) is 0 Å². The average molecular weight is 369 g/mol. The van der Waals surface area contributed by atoms with Crippen LogP contribution in [0.15, 0.2) is 30.0 Å². The fourth-order valence-corrected chi connectivity index (χ4v) is 4.05. The highest BCUT2D eigenvalue weighted by Crippen LogP contribution is 2.42. The summed E-state index contributed by atoms with van der Waals surface area (Å²) in [5.41, 5.74) is 0.124. The normalized spacial score (nSPS) is 25.5. The molecule has 0 radical (unpaired) electrons. The zero-order chi connectivity index (χ0) is 17.2. The molecule has 2 atom stereocenters. The van der Waals surface area contributed by atoms with Gasteiger partial charge in [0.25, 0.3) is 0 Å². The van der Waals surface area contributed by atoms with E-state index in [9.17, 15) is 9.90 Å². The summed E-state index contributed by atoms with van der Waals surface area (Å²) in [6, 6.07) is 5.66. The van der Waals surface area contributed by atoms with Crippen molar-refractivity contribution in [1.82, 2.24) is 0 Å². The van der Waals surface area contributed by atoms with Gasteiger partial charge < -0.3 is 9.84 Å². The van der Waals surface area contributed by atoms with Gasteiger partial charge in [-0.15, -0.1) is 0 Å². The number of unbranched alkanes of at least 4 members (excludes halogenated alkanes) is 3. The standard InChI is InChI=1S/C19H22Cl2O3/c20-14-8-7-13(17(21)9-14)5-3-1-2-4-6-16-12-19(23)11-15(22)10-18(19)24-16/h7-10,16,23H,1-6,11-12H2. The molecule has 1 aliphatic carbocycles. The van der Waals surface area contributed by atoms with Crippen molar-refractivity contribution < 1.29 is 14.6 Å². The number of carbonyl (C=O) groups excluding carboxylic acids is 1. The van der Waals surface area contributed by atoms with Crippen LogP contribution in [-0.4, -0.2) is 22.6 Å². The van der Waals surface area contributed by atoms with Gasteiger partial charge in [0.15, 0.2) is 5.78 Å². The number of benzene rings is 1. The van der Waals surface area contributed by atoms with Crippen molar-refractivity contribution in [3.05, 3.63) is 45.6 Å². The van der Waals surface area contributed by atoms with Crippen LogP contribution in [0.3, 0.4) is 0 Å². The summed E-state index contributed by atoms with van der Waals surface area (Å²) >= 11 is 12.1. The number of halogens is 2. The van der Waals surface area contributed by atoms with E-state index in [0.29, 0.717) is 17.2 Å². The number of aryl methyl sites for hydroxylation is 1. The Balaban J connectivity index is 1.32. The lowest BCUT2D eigenvalue weighted by molar-refractivity contribution is -0.116. The molecule has 1 fully saturated rings. The number of rotatable bonds is 7. The van der Waals surface area contributed by atoms with Gasteiger partial charge in [0.1, 0.15) is 17.5 Å². The van der Waals surface area contributed by atoms with Crippen LogP contribution in [-0.2, 0) is 16.0 Å². The van der Waals surface area contributed by atoms with Crippen molar-refractivity contribution in [2.45, 2.75) is 63.1 Å². The molecule has 1 N–H and O–H groups in total. The Hall–Kier alpha value is -1.03. The first-order valence-electron chi connectivity index (χ1n) is 8.54. The number of hydrogen-bond acceptors (Lipinski definition) is 3. The summed E-state index contributed by atoms with van der Waals surface area (Å²) in [5, 5.41) is 11.8. The van der Waals surface area contributed by atoms with Gasteiger partial charge in [-0.3, -0.25) is 4.79 Å². The Kier molecular flexibility index (Phi) is 5.53. The van der Waals surface area contributed by atoms with E-state index in [1.54, 1.807) is 6.07 Å². The third-order valence-electron chi connectivity index (χ3n) is 4.81. The van der Waals surface area contributed by atoms with Crippen LogP contribution in [0.5, 0.6) is 0 Å². The third-order valence-corrected chi connectivity index (χ3v) is 5.40. The highest BCUT2D eigenvalue weighted by atomic mass is 35.5. The molecule has 130 valence electrons. The van der Waals surface area contributed by atoms with Crippen molar-refractivity contribution in [2.24, 2.45) is 0 Å². The third kappa shape index (κ3) is 4.14. The molecule has 0 spiro atoms. The first kappa shape index (κ1) is 17.8. The minimum absolute atomic E-state index is 0.0354. The van der Waals surface area contributed by atoms with E-state index in [1.807, 2.05) is 12.1 Å². The zero-order valence-electron chi connectivity index (χ0n) is 13.6. The molecule has 1 aromatic rings. The molecule has 2 unspecified atom stereocenters. The lowest BCUT2D eigenvalue weighted by atomic mass is 9.95. The molecule has 1 heterocycles. The molecule has 5 heteroatoms. The van der Waals surface area contributed by atoms with Gasteiger partial charge in [0, 0.05) is 29.0 Å². The molecule has 3 nitrogen and oxygen atoms in total. The van der Waals surface area contributed by atoms with E-state index in [0.717, 1.165) is 49.1 Å². The largest absolute Gasteiger partial charge is 0.491 e. The maximum absolute atomic E-state index is 11.3. The van der Waals surface area contributed by atoms with E-state index < -0.39 is 5.60 Å². The number of hydrogen-bond donors (Lipinski definition) is 1. The van der Waals surface area contributed by atoms with Crippen molar-refractivity contribution >= 4 is 29.0 Å². The first-order valence-corrected chi connectivity index (χ1v) is 9.30. The minimum atomic E-state index is -1.02. The van der Waals surface area contributed by atoms with Gasteiger partial charge >= 0.3 is 0 Å². The second-order valence-electron chi connectivity index (χ2n) is 6.82. The maximum atomic E-state index is 11.3. The number of aliphatic hydroxyl groups is 1. The molecule has 0 aromatic heterocycles. The molecule has 0 bridgehead atoms. The van der Waals surface area contributed by atoms with E-state index in [2.05, 4.69) is 0 Å². The summed E-state index contributed by atoms with van der Waals surface area (Å²) in [4.78, 5) is 11.3. The predicted octanol–water partition coefficient (Wildman–Crippen LogP) is 4.86. The van der Waals surface area contributed by atoms with Crippen molar-refractivity contribution in [2.75, 3.05) is 0 Å². The van der Waals surface area contributed by atoms with Crippen LogP contribution in [0.2, 0.25) is 10.0 Å². The minimum Gasteiger partial charge on any atom is -0.491 e. The lowest BCUT2D eigenvalue weighted by Crippen LogP contribution is -2.25.